The van der Waals surface area contributed by atoms with Gasteiger partial charge in [0.2, 0.25) is 5.91 Å². The second-order valence-electron chi connectivity index (χ2n) is 4.61. The standard InChI is InChI=1S/C12H17BrN2O2/c1-8(9-5-14-6-9)12(16)15(2)7-10-3-4-11(13)17-10/h3-4,8-9,14H,5-7H2,1-2H3. The molecule has 1 atom stereocenters. The average molecular weight is 301 g/mol. The third kappa shape index (κ3) is 2.90. The molecule has 0 radical (unpaired) electrons. The number of amides is 1. The first kappa shape index (κ1) is 12.6. The highest BCUT2D eigenvalue weighted by atomic mass is 79.9. The highest BCUT2D eigenvalue weighted by molar-refractivity contribution is 9.10. The number of hydrogen-bond donors (Lipinski definition) is 1. The molecule has 2 rings (SSSR count). The van der Waals surface area contributed by atoms with Crippen molar-refractivity contribution in [3.8, 4) is 0 Å². The predicted octanol–water partition coefficient (Wildman–Crippen LogP) is 1.86. The number of halogens is 1. The molecule has 0 saturated carbocycles. The summed E-state index contributed by atoms with van der Waals surface area (Å²) in [4.78, 5) is 13.9. The Labute approximate surface area is 109 Å². The molecular weight excluding hydrogens is 284 g/mol. The van der Waals surface area contributed by atoms with E-state index in [2.05, 4.69) is 21.2 Å². The third-order valence-electron chi connectivity index (χ3n) is 3.31. The fourth-order valence-electron chi connectivity index (χ4n) is 1.96. The Hall–Kier alpha value is -0.810. The Morgan fingerprint density at radius 3 is 2.82 bits per heavy atom. The molecule has 1 saturated heterocycles. The second kappa shape index (κ2) is 5.23. The molecule has 1 unspecified atom stereocenters. The van der Waals surface area contributed by atoms with Crippen molar-refractivity contribution >= 4 is 21.8 Å². The molecule has 0 bridgehead atoms. The number of carbonyl (C=O) groups excluding carboxylic acids is 1. The van der Waals surface area contributed by atoms with E-state index in [0.717, 1.165) is 18.8 Å². The van der Waals surface area contributed by atoms with Gasteiger partial charge in [-0.25, -0.2) is 0 Å². The summed E-state index contributed by atoms with van der Waals surface area (Å²) < 4.78 is 6.09. The summed E-state index contributed by atoms with van der Waals surface area (Å²) in [6.07, 6.45) is 0. The summed E-state index contributed by atoms with van der Waals surface area (Å²) >= 11 is 3.25. The van der Waals surface area contributed by atoms with Crippen molar-refractivity contribution in [2.75, 3.05) is 20.1 Å². The van der Waals surface area contributed by atoms with Gasteiger partial charge in [-0.3, -0.25) is 4.79 Å². The SMILES string of the molecule is CC(C(=O)N(C)Cc1ccc(Br)o1)C1CNC1. The Balaban J connectivity index is 1.90. The van der Waals surface area contributed by atoms with Crippen LogP contribution in [-0.4, -0.2) is 30.9 Å². The van der Waals surface area contributed by atoms with Gasteiger partial charge >= 0.3 is 0 Å². The summed E-state index contributed by atoms with van der Waals surface area (Å²) in [6, 6.07) is 3.72. The topological polar surface area (TPSA) is 45.5 Å². The zero-order chi connectivity index (χ0) is 12.4. The number of rotatable bonds is 4. The normalized spacial score (nSPS) is 17.6. The lowest BCUT2D eigenvalue weighted by atomic mass is 9.88. The Morgan fingerprint density at radius 2 is 2.35 bits per heavy atom. The lowest BCUT2D eigenvalue weighted by Gasteiger charge is -2.33. The van der Waals surface area contributed by atoms with Crippen LogP contribution in [0.2, 0.25) is 0 Å². The largest absolute Gasteiger partial charge is 0.452 e. The van der Waals surface area contributed by atoms with Crippen molar-refractivity contribution in [1.82, 2.24) is 10.2 Å². The first-order valence-corrected chi connectivity index (χ1v) is 6.57. The first-order chi connectivity index (χ1) is 8.08. The van der Waals surface area contributed by atoms with Crippen LogP contribution in [-0.2, 0) is 11.3 Å². The van der Waals surface area contributed by atoms with Crippen LogP contribution in [0, 0.1) is 11.8 Å². The average Bonchev–Trinajstić information content (AvgIpc) is 2.60. The lowest BCUT2D eigenvalue weighted by Crippen LogP contribution is -2.49. The van der Waals surface area contributed by atoms with Crippen LogP contribution >= 0.6 is 15.9 Å². The number of furan rings is 1. The minimum Gasteiger partial charge on any atom is -0.452 e. The number of nitrogens with one attached hydrogen (secondary N) is 1. The van der Waals surface area contributed by atoms with Crippen LogP contribution in [0.25, 0.3) is 0 Å². The van der Waals surface area contributed by atoms with Crippen molar-refractivity contribution in [2.45, 2.75) is 13.5 Å². The molecule has 1 fully saturated rings. The molecule has 1 aromatic heterocycles. The van der Waals surface area contributed by atoms with Crippen LogP contribution in [0.4, 0.5) is 0 Å². The summed E-state index contributed by atoms with van der Waals surface area (Å²) in [6.45, 7) is 4.43. The highest BCUT2D eigenvalue weighted by Gasteiger charge is 2.30. The third-order valence-corrected chi connectivity index (χ3v) is 3.73. The Kier molecular flexibility index (Phi) is 3.89. The number of nitrogens with zero attached hydrogens (tertiary/aromatic N) is 1. The van der Waals surface area contributed by atoms with Crippen molar-refractivity contribution in [3.63, 3.8) is 0 Å². The van der Waals surface area contributed by atoms with Gasteiger partial charge in [0.1, 0.15) is 5.76 Å². The molecular formula is C12H17BrN2O2. The smallest absolute Gasteiger partial charge is 0.225 e. The van der Waals surface area contributed by atoms with Crippen molar-refractivity contribution in [3.05, 3.63) is 22.6 Å². The van der Waals surface area contributed by atoms with Gasteiger partial charge in [-0.05, 0) is 47.1 Å². The summed E-state index contributed by atoms with van der Waals surface area (Å²) in [5.74, 6) is 1.55. The molecule has 1 aromatic rings. The van der Waals surface area contributed by atoms with E-state index in [1.54, 1.807) is 4.90 Å². The van der Waals surface area contributed by atoms with E-state index < -0.39 is 0 Å². The van der Waals surface area contributed by atoms with Gasteiger partial charge in [-0.1, -0.05) is 6.92 Å². The molecule has 0 aliphatic carbocycles. The summed E-state index contributed by atoms with van der Waals surface area (Å²) in [5.41, 5.74) is 0. The number of carbonyl (C=O) groups is 1. The summed E-state index contributed by atoms with van der Waals surface area (Å²) in [5, 5.41) is 3.19. The van der Waals surface area contributed by atoms with Crippen LogP contribution < -0.4 is 5.32 Å². The van der Waals surface area contributed by atoms with Gasteiger partial charge in [0.15, 0.2) is 4.67 Å². The van der Waals surface area contributed by atoms with Crippen molar-refractivity contribution < 1.29 is 9.21 Å². The minimum absolute atomic E-state index is 0.0830. The molecule has 94 valence electrons. The molecule has 4 nitrogen and oxygen atoms in total. The quantitative estimate of drug-likeness (QED) is 0.923. The van der Waals surface area contributed by atoms with Crippen LogP contribution in [0.5, 0.6) is 0 Å². The van der Waals surface area contributed by atoms with Crippen LogP contribution in [0.3, 0.4) is 0 Å². The maximum atomic E-state index is 12.1. The van der Waals surface area contributed by atoms with Crippen molar-refractivity contribution in [2.24, 2.45) is 11.8 Å². The molecule has 1 amide bonds. The second-order valence-corrected chi connectivity index (χ2v) is 5.39. The van der Waals surface area contributed by atoms with Gasteiger partial charge < -0.3 is 14.6 Å². The predicted molar refractivity (Wildman–Crippen MR) is 68.4 cm³/mol. The maximum Gasteiger partial charge on any atom is 0.225 e. The van der Waals surface area contributed by atoms with E-state index in [1.807, 2.05) is 26.1 Å². The Bertz CT molecular complexity index is 401. The van der Waals surface area contributed by atoms with E-state index in [9.17, 15) is 4.79 Å². The highest BCUT2D eigenvalue weighted by Crippen LogP contribution is 2.20. The zero-order valence-corrected chi connectivity index (χ0v) is 11.7. The minimum atomic E-state index is 0.0830. The molecule has 0 aromatic carbocycles. The molecule has 1 aliphatic rings. The van der Waals surface area contributed by atoms with Gasteiger partial charge in [0.25, 0.3) is 0 Å². The lowest BCUT2D eigenvalue weighted by molar-refractivity contribution is -0.136. The molecule has 1 N–H and O–H groups in total. The van der Waals surface area contributed by atoms with E-state index in [4.69, 9.17) is 4.42 Å². The van der Waals surface area contributed by atoms with Gasteiger partial charge in [0.05, 0.1) is 6.54 Å². The van der Waals surface area contributed by atoms with Crippen molar-refractivity contribution in [1.29, 1.82) is 0 Å². The van der Waals surface area contributed by atoms with E-state index >= 15 is 0 Å². The van der Waals surface area contributed by atoms with E-state index in [1.165, 1.54) is 0 Å². The zero-order valence-electron chi connectivity index (χ0n) is 10.1. The van der Waals surface area contributed by atoms with Gasteiger partial charge in [-0.2, -0.15) is 0 Å². The monoisotopic (exact) mass is 300 g/mol. The fraction of sp³-hybridized carbons (Fsp3) is 0.583. The van der Waals surface area contributed by atoms with Gasteiger partial charge in [-0.15, -0.1) is 0 Å². The van der Waals surface area contributed by atoms with Crippen LogP contribution in [0.15, 0.2) is 21.2 Å². The maximum absolute atomic E-state index is 12.1. The molecule has 5 heteroatoms. The van der Waals surface area contributed by atoms with E-state index in [-0.39, 0.29) is 11.8 Å². The molecule has 0 spiro atoms. The molecule has 17 heavy (non-hydrogen) atoms. The van der Waals surface area contributed by atoms with Gasteiger partial charge in [0, 0.05) is 13.0 Å². The molecule has 2 heterocycles. The molecule has 1 aliphatic heterocycles. The summed E-state index contributed by atoms with van der Waals surface area (Å²) in [7, 11) is 1.82. The number of hydrogen-bond acceptors (Lipinski definition) is 3. The first-order valence-electron chi connectivity index (χ1n) is 5.78. The Morgan fingerprint density at radius 1 is 1.65 bits per heavy atom. The van der Waals surface area contributed by atoms with E-state index in [0.29, 0.717) is 17.1 Å². The van der Waals surface area contributed by atoms with Crippen LogP contribution in [0.1, 0.15) is 12.7 Å². The fourth-order valence-corrected chi connectivity index (χ4v) is 2.30.